The van der Waals surface area contributed by atoms with Crippen LogP contribution in [0.2, 0.25) is 0 Å². The minimum atomic E-state index is 0.139. The fourth-order valence-corrected chi connectivity index (χ4v) is 3.22. The van der Waals surface area contributed by atoms with Gasteiger partial charge in [0.25, 0.3) is 0 Å². The first-order valence-electron chi connectivity index (χ1n) is 8.02. The SMILES string of the molecule is O=C(N[C@H]1COC[C@H]1Cc1ccnc2ccccc12)C1CC1. The maximum absolute atomic E-state index is 12.0. The summed E-state index contributed by atoms with van der Waals surface area (Å²) in [6.45, 7) is 1.35. The van der Waals surface area contributed by atoms with Gasteiger partial charge in [-0.05, 0) is 37.0 Å². The fraction of sp³-hybridized carbons (Fsp3) is 0.444. The third-order valence-corrected chi connectivity index (χ3v) is 4.70. The summed E-state index contributed by atoms with van der Waals surface area (Å²) in [5.74, 6) is 0.802. The summed E-state index contributed by atoms with van der Waals surface area (Å²) in [6, 6.07) is 10.4. The van der Waals surface area contributed by atoms with Crippen LogP contribution < -0.4 is 5.32 Å². The molecule has 4 nitrogen and oxygen atoms in total. The van der Waals surface area contributed by atoms with Crippen molar-refractivity contribution in [1.82, 2.24) is 10.3 Å². The van der Waals surface area contributed by atoms with Crippen LogP contribution in [0.1, 0.15) is 18.4 Å². The van der Waals surface area contributed by atoms with Gasteiger partial charge < -0.3 is 10.1 Å². The number of nitrogens with zero attached hydrogens (tertiary/aromatic N) is 1. The molecule has 114 valence electrons. The lowest BCUT2D eigenvalue weighted by molar-refractivity contribution is -0.123. The molecule has 4 rings (SSSR count). The van der Waals surface area contributed by atoms with Gasteiger partial charge in [0.05, 0.1) is 24.8 Å². The molecule has 0 unspecified atom stereocenters. The molecule has 22 heavy (non-hydrogen) atoms. The number of aromatic nitrogens is 1. The van der Waals surface area contributed by atoms with Crippen LogP contribution >= 0.6 is 0 Å². The number of amides is 1. The second-order valence-corrected chi connectivity index (χ2v) is 6.38. The van der Waals surface area contributed by atoms with Crippen molar-refractivity contribution in [3.63, 3.8) is 0 Å². The van der Waals surface area contributed by atoms with Crippen LogP contribution in [-0.4, -0.2) is 30.1 Å². The fourth-order valence-electron chi connectivity index (χ4n) is 3.22. The number of nitrogens with one attached hydrogen (secondary N) is 1. The smallest absolute Gasteiger partial charge is 0.223 e. The Morgan fingerprint density at radius 3 is 2.95 bits per heavy atom. The zero-order chi connectivity index (χ0) is 14.9. The lowest BCUT2D eigenvalue weighted by atomic mass is 9.93. The molecule has 1 aromatic carbocycles. The third kappa shape index (κ3) is 2.71. The largest absolute Gasteiger partial charge is 0.379 e. The highest BCUT2D eigenvalue weighted by Gasteiger charge is 2.35. The monoisotopic (exact) mass is 296 g/mol. The van der Waals surface area contributed by atoms with E-state index in [1.54, 1.807) is 0 Å². The summed E-state index contributed by atoms with van der Waals surface area (Å²) in [4.78, 5) is 16.4. The van der Waals surface area contributed by atoms with Crippen molar-refractivity contribution in [2.24, 2.45) is 11.8 Å². The number of carbonyl (C=O) groups is 1. The first kappa shape index (κ1) is 13.7. The van der Waals surface area contributed by atoms with Crippen LogP contribution in [0.25, 0.3) is 10.9 Å². The molecule has 2 fully saturated rings. The molecule has 2 atom stereocenters. The molecular formula is C18H20N2O2. The van der Waals surface area contributed by atoms with E-state index >= 15 is 0 Å². The Balaban J connectivity index is 1.52. The van der Waals surface area contributed by atoms with Crippen LogP contribution in [0, 0.1) is 11.8 Å². The Hall–Kier alpha value is -1.94. The van der Waals surface area contributed by atoms with Crippen LogP contribution in [0.5, 0.6) is 0 Å². The normalized spacial score (nSPS) is 24.5. The summed E-state index contributed by atoms with van der Waals surface area (Å²) in [5, 5.41) is 4.38. The Kier molecular flexibility index (Phi) is 3.54. The van der Waals surface area contributed by atoms with Crippen LogP contribution in [-0.2, 0) is 16.0 Å². The van der Waals surface area contributed by atoms with Crippen molar-refractivity contribution >= 4 is 16.8 Å². The van der Waals surface area contributed by atoms with E-state index in [9.17, 15) is 4.79 Å². The van der Waals surface area contributed by atoms with E-state index in [2.05, 4.69) is 22.4 Å². The first-order valence-corrected chi connectivity index (χ1v) is 8.02. The van der Waals surface area contributed by atoms with E-state index in [4.69, 9.17) is 4.74 Å². The van der Waals surface area contributed by atoms with Gasteiger partial charge >= 0.3 is 0 Å². The van der Waals surface area contributed by atoms with E-state index in [1.165, 1.54) is 10.9 Å². The van der Waals surface area contributed by atoms with E-state index in [0.717, 1.165) is 24.8 Å². The first-order chi connectivity index (χ1) is 10.8. The number of para-hydroxylation sites is 1. The van der Waals surface area contributed by atoms with Crippen LogP contribution in [0.3, 0.4) is 0 Å². The number of carbonyl (C=O) groups excluding carboxylic acids is 1. The Morgan fingerprint density at radius 2 is 2.09 bits per heavy atom. The molecule has 0 bridgehead atoms. The van der Waals surface area contributed by atoms with Gasteiger partial charge in [-0.1, -0.05) is 18.2 Å². The molecular weight excluding hydrogens is 276 g/mol. The molecule has 0 spiro atoms. The van der Waals surface area contributed by atoms with Gasteiger partial charge in [-0.3, -0.25) is 9.78 Å². The Morgan fingerprint density at radius 1 is 1.23 bits per heavy atom. The molecule has 1 saturated heterocycles. The third-order valence-electron chi connectivity index (χ3n) is 4.70. The number of pyridine rings is 1. The number of ether oxygens (including phenoxy) is 1. The molecule has 1 saturated carbocycles. The van der Waals surface area contributed by atoms with Gasteiger partial charge in [0.2, 0.25) is 5.91 Å². The van der Waals surface area contributed by atoms with Gasteiger partial charge in [0, 0.05) is 23.4 Å². The number of benzene rings is 1. The highest BCUT2D eigenvalue weighted by molar-refractivity contribution is 5.82. The zero-order valence-electron chi connectivity index (χ0n) is 12.5. The molecule has 4 heteroatoms. The van der Waals surface area contributed by atoms with E-state index in [1.807, 2.05) is 24.4 Å². The maximum atomic E-state index is 12.0. The van der Waals surface area contributed by atoms with Gasteiger partial charge in [-0.15, -0.1) is 0 Å². The van der Waals surface area contributed by atoms with Gasteiger partial charge in [-0.25, -0.2) is 0 Å². The lowest BCUT2D eigenvalue weighted by Gasteiger charge is -2.19. The van der Waals surface area contributed by atoms with Gasteiger partial charge in [-0.2, -0.15) is 0 Å². The molecule has 0 radical (unpaired) electrons. The van der Waals surface area contributed by atoms with Crippen molar-refractivity contribution in [1.29, 1.82) is 0 Å². The van der Waals surface area contributed by atoms with E-state index < -0.39 is 0 Å². The molecule has 2 aromatic rings. The predicted molar refractivity (Wildman–Crippen MR) is 84.4 cm³/mol. The Labute approximate surface area is 129 Å². The standard InChI is InChI=1S/C18H20N2O2/c21-18(12-5-6-12)20-17-11-22-10-14(17)9-13-7-8-19-16-4-2-1-3-15(13)16/h1-4,7-8,12,14,17H,5-6,9-11H2,(H,20,21)/t14-,17+/m1/s1. The number of hydrogen-bond donors (Lipinski definition) is 1. The predicted octanol–water partition coefficient (Wildman–Crippen LogP) is 2.32. The summed E-state index contributed by atoms with van der Waals surface area (Å²) in [7, 11) is 0. The lowest BCUT2D eigenvalue weighted by Crippen LogP contribution is -2.41. The summed E-state index contributed by atoms with van der Waals surface area (Å²) >= 11 is 0. The van der Waals surface area contributed by atoms with Crippen molar-refractivity contribution in [3.05, 3.63) is 42.1 Å². The molecule has 2 heterocycles. The molecule has 1 N–H and O–H groups in total. The Bertz CT molecular complexity index is 691. The summed E-state index contributed by atoms with van der Waals surface area (Å²) < 4.78 is 5.62. The molecule has 1 aliphatic heterocycles. The number of hydrogen-bond acceptors (Lipinski definition) is 3. The zero-order valence-corrected chi connectivity index (χ0v) is 12.5. The average Bonchev–Trinajstić information content (AvgIpc) is 3.31. The minimum Gasteiger partial charge on any atom is -0.379 e. The highest BCUT2D eigenvalue weighted by Crippen LogP contribution is 2.30. The maximum Gasteiger partial charge on any atom is 0.223 e. The summed E-state index contributed by atoms with van der Waals surface area (Å²) in [6.07, 6.45) is 4.86. The average molecular weight is 296 g/mol. The molecule has 1 aromatic heterocycles. The van der Waals surface area contributed by atoms with Crippen molar-refractivity contribution in [2.45, 2.75) is 25.3 Å². The number of fused-ring (bicyclic) bond motifs is 1. The topological polar surface area (TPSA) is 51.2 Å². The highest BCUT2D eigenvalue weighted by atomic mass is 16.5. The second kappa shape index (κ2) is 5.69. The second-order valence-electron chi connectivity index (χ2n) is 6.38. The molecule has 1 amide bonds. The summed E-state index contributed by atoms with van der Waals surface area (Å²) in [5.41, 5.74) is 2.31. The van der Waals surface area contributed by atoms with E-state index in [0.29, 0.717) is 19.1 Å². The van der Waals surface area contributed by atoms with E-state index in [-0.39, 0.29) is 17.9 Å². The van der Waals surface area contributed by atoms with Crippen LogP contribution in [0.15, 0.2) is 36.5 Å². The molecule has 1 aliphatic carbocycles. The minimum absolute atomic E-state index is 0.139. The van der Waals surface area contributed by atoms with Crippen LogP contribution in [0.4, 0.5) is 0 Å². The van der Waals surface area contributed by atoms with Crippen molar-refractivity contribution < 1.29 is 9.53 Å². The van der Waals surface area contributed by atoms with Gasteiger partial charge in [0.1, 0.15) is 0 Å². The number of rotatable bonds is 4. The van der Waals surface area contributed by atoms with Crippen molar-refractivity contribution in [2.75, 3.05) is 13.2 Å². The van der Waals surface area contributed by atoms with Gasteiger partial charge in [0.15, 0.2) is 0 Å². The quantitative estimate of drug-likeness (QED) is 0.942. The molecule has 2 aliphatic rings. The van der Waals surface area contributed by atoms with Crippen molar-refractivity contribution in [3.8, 4) is 0 Å².